The zero-order chi connectivity index (χ0) is 18.0. The van der Waals surface area contributed by atoms with E-state index in [1.165, 1.54) is 0 Å². The number of hydrogen-bond acceptors (Lipinski definition) is 4. The number of benzene rings is 2. The standard InChI is InChI=1S/C20H25NO3P.ClH/c1-4-22-25(23-5-2,24-6-3)21-17-20(18-13-9-7-10-14-18)19-15-11-8-12-16-19;/h7-16H,4-6H2,1-3H3;1H/q+1;/p-1. The lowest BCUT2D eigenvalue weighted by Gasteiger charge is -2.13. The van der Waals surface area contributed by atoms with E-state index in [1.54, 1.807) is 0 Å². The summed E-state index contributed by atoms with van der Waals surface area (Å²) in [6.07, 6.45) is 0. The Hall–Kier alpha value is -1.51. The van der Waals surface area contributed by atoms with Crippen molar-refractivity contribution in [1.82, 2.24) is 0 Å². The molecule has 26 heavy (non-hydrogen) atoms. The molecule has 2 aromatic carbocycles. The van der Waals surface area contributed by atoms with Crippen molar-refractivity contribution in [3.05, 3.63) is 71.8 Å². The zero-order valence-electron chi connectivity index (χ0n) is 15.4. The minimum absolute atomic E-state index is 0. The second-order valence-corrected chi connectivity index (χ2v) is 6.95. The second kappa shape index (κ2) is 12.0. The minimum atomic E-state index is -2.80. The van der Waals surface area contributed by atoms with Crippen LogP contribution in [0.15, 0.2) is 65.4 Å². The average molecular weight is 394 g/mol. The van der Waals surface area contributed by atoms with E-state index in [2.05, 4.69) is 10.6 Å². The van der Waals surface area contributed by atoms with Crippen molar-refractivity contribution in [1.29, 1.82) is 0 Å². The molecule has 0 amide bonds. The van der Waals surface area contributed by atoms with Crippen molar-refractivity contribution < 1.29 is 26.0 Å². The molecule has 0 N–H and O–H groups in total. The first-order chi connectivity index (χ1) is 12.2. The molecule has 0 aliphatic carbocycles. The zero-order valence-corrected chi connectivity index (χ0v) is 17.0. The van der Waals surface area contributed by atoms with Crippen molar-refractivity contribution in [2.75, 3.05) is 19.8 Å². The van der Waals surface area contributed by atoms with E-state index in [1.807, 2.05) is 81.4 Å². The van der Waals surface area contributed by atoms with Gasteiger partial charge in [0.05, 0.1) is 25.4 Å². The summed E-state index contributed by atoms with van der Waals surface area (Å²) in [7, 11) is -2.80. The molecule has 0 aliphatic heterocycles. The molecule has 2 rings (SSSR count). The fourth-order valence-electron chi connectivity index (χ4n) is 2.30. The molecule has 0 spiro atoms. The molecule has 0 aromatic heterocycles. The molecule has 0 saturated heterocycles. The highest BCUT2D eigenvalue weighted by atomic mass is 35.5. The molecule has 140 valence electrons. The van der Waals surface area contributed by atoms with E-state index in [0.29, 0.717) is 19.8 Å². The van der Waals surface area contributed by atoms with Gasteiger partial charge < -0.3 is 12.4 Å². The highest BCUT2D eigenvalue weighted by Gasteiger charge is 2.46. The molecular weight excluding hydrogens is 369 g/mol. The van der Waals surface area contributed by atoms with E-state index >= 15 is 0 Å². The molecule has 0 unspecified atom stereocenters. The predicted octanol–water partition coefficient (Wildman–Crippen LogP) is 2.58. The van der Waals surface area contributed by atoms with Crippen LogP contribution in [-0.4, -0.2) is 25.7 Å². The maximum atomic E-state index is 5.76. The van der Waals surface area contributed by atoms with Crippen molar-refractivity contribution in [2.45, 2.75) is 20.8 Å². The summed E-state index contributed by atoms with van der Waals surface area (Å²) >= 11 is 0. The van der Waals surface area contributed by atoms with E-state index in [-0.39, 0.29) is 12.4 Å². The Bertz CT molecular complexity index is 645. The second-order valence-electron chi connectivity index (χ2n) is 5.04. The number of halogens is 1. The Morgan fingerprint density at radius 1 is 0.769 bits per heavy atom. The summed E-state index contributed by atoms with van der Waals surface area (Å²) in [5.41, 5.74) is 2.93. The average Bonchev–Trinajstić information content (AvgIpc) is 2.64. The van der Waals surface area contributed by atoms with Gasteiger partial charge in [0.1, 0.15) is 0 Å². The number of nitrogens with zero attached hydrogens (tertiary/aromatic N) is 1. The van der Waals surface area contributed by atoms with Crippen LogP contribution in [0.5, 0.6) is 0 Å². The van der Waals surface area contributed by atoms with Crippen molar-refractivity contribution >= 4 is 19.5 Å². The summed E-state index contributed by atoms with van der Waals surface area (Å²) in [5.74, 6) is 3.16. The molecule has 0 radical (unpaired) electrons. The quantitative estimate of drug-likeness (QED) is 0.485. The lowest BCUT2D eigenvalue weighted by Crippen LogP contribution is -3.00. The Morgan fingerprint density at radius 3 is 1.50 bits per heavy atom. The lowest BCUT2D eigenvalue weighted by atomic mass is 10.00. The minimum Gasteiger partial charge on any atom is -1.00 e. The topological polar surface area (TPSA) is 40.0 Å². The van der Waals surface area contributed by atoms with Gasteiger partial charge in [-0.15, -0.1) is 0 Å². The molecule has 0 atom stereocenters. The van der Waals surface area contributed by atoms with Crippen LogP contribution in [0.4, 0.5) is 0 Å². The van der Waals surface area contributed by atoms with Crippen LogP contribution in [0.3, 0.4) is 0 Å². The Balaban J connectivity index is 0.00000338. The van der Waals surface area contributed by atoms with Gasteiger partial charge in [0.15, 0.2) is 0 Å². The Morgan fingerprint density at radius 2 is 1.15 bits per heavy atom. The summed E-state index contributed by atoms with van der Waals surface area (Å²) in [6, 6.07) is 20.1. The molecule has 0 fully saturated rings. The Labute approximate surface area is 163 Å². The molecular formula is C20H25ClNO3P. The molecule has 0 aliphatic rings. The lowest BCUT2D eigenvalue weighted by molar-refractivity contribution is -0.0000109. The van der Waals surface area contributed by atoms with E-state index in [4.69, 9.17) is 13.6 Å². The largest absolute Gasteiger partial charge is 1.00 e. The number of hydrogen-bond donors (Lipinski definition) is 0. The Kier molecular flexibility index (Phi) is 10.4. The van der Waals surface area contributed by atoms with Gasteiger partial charge in [-0.1, -0.05) is 60.7 Å². The number of rotatable bonds is 9. The van der Waals surface area contributed by atoms with Gasteiger partial charge in [0.25, 0.3) is 0 Å². The fourth-order valence-corrected chi connectivity index (χ4v) is 3.90. The third-order valence-electron chi connectivity index (χ3n) is 3.29. The third-order valence-corrected chi connectivity index (χ3v) is 5.38. The normalized spacial score (nSPS) is 10.6. The fraction of sp³-hybridized carbons (Fsp3) is 0.300. The summed E-state index contributed by atoms with van der Waals surface area (Å²) in [6.45, 7) is 7.10. The first-order valence-corrected chi connectivity index (χ1v) is 10.0. The SMILES string of the molecule is CCO[P+](N=C=C(c1ccccc1)c1ccccc1)(OCC)OCC.[Cl-]. The summed E-state index contributed by atoms with van der Waals surface area (Å²) in [4.78, 5) is 0. The van der Waals surface area contributed by atoms with Gasteiger partial charge in [0.2, 0.25) is 0 Å². The molecule has 4 nitrogen and oxygen atoms in total. The van der Waals surface area contributed by atoms with Crippen LogP contribution in [-0.2, 0) is 13.6 Å². The molecule has 2 aromatic rings. The molecule has 6 heteroatoms. The van der Waals surface area contributed by atoms with Crippen LogP contribution in [0.25, 0.3) is 5.57 Å². The van der Waals surface area contributed by atoms with Gasteiger partial charge in [-0.05, 0) is 31.9 Å². The van der Waals surface area contributed by atoms with Gasteiger partial charge in [0, 0.05) is 10.6 Å². The van der Waals surface area contributed by atoms with Gasteiger partial charge in [-0.2, -0.15) is 13.6 Å². The predicted molar refractivity (Wildman–Crippen MR) is 105 cm³/mol. The van der Waals surface area contributed by atoms with Crippen molar-refractivity contribution in [2.24, 2.45) is 4.76 Å². The van der Waals surface area contributed by atoms with E-state index in [9.17, 15) is 0 Å². The van der Waals surface area contributed by atoms with Crippen LogP contribution < -0.4 is 12.4 Å². The highest BCUT2D eigenvalue weighted by Crippen LogP contribution is 2.63. The van der Waals surface area contributed by atoms with Gasteiger partial charge >= 0.3 is 8.09 Å². The van der Waals surface area contributed by atoms with Crippen LogP contribution in [0.2, 0.25) is 0 Å². The van der Waals surface area contributed by atoms with Crippen molar-refractivity contribution in [3.8, 4) is 0 Å². The first-order valence-electron chi connectivity index (χ1n) is 8.53. The van der Waals surface area contributed by atoms with Gasteiger partial charge in [-0.25, -0.2) is 0 Å². The maximum absolute atomic E-state index is 5.76. The van der Waals surface area contributed by atoms with Crippen LogP contribution >= 0.6 is 8.09 Å². The molecule has 0 heterocycles. The van der Waals surface area contributed by atoms with E-state index < -0.39 is 8.09 Å². The summed E-state index contributed by atoms with van der Waals surface area (Å²) in [5, 5.41) is 0. The first kappa shape index (κ1) is 22.5. The monoisotopic (exact) mass is 393 g/mol. The van der Waals surface area contributed by atoms with E-state index in [0.717, 1.165) is 16.7 Å². The highest BCUT2D eigenvalue weighted by molar-refractivity contribution is 7.60. The summed E-state index contributed by atoms with van der Waals surface area (Å²) < 4.78 is 21.8. The van der Waals surface area contributed by atoms with Crippen LogP contribution in [0.1, 0.15) is 31.9 Å². The van der Waals surface area contributed by atoms with Crippen molar-refractivity contribution in [3.63, 3.8) is 0 Å². The van der Waals surface area contributed by atoms with Crippen LogP contribution in [0, 0.1) is 0 Å². The smallest absolute Gasteiger partial charge is 0.561 e. The van der Waals surface area contributed by atoms with Gasteiger partial charge in [-0.3, -0.25) is 0 Å². The molecule has 0 saturated carbocycles. The molecule has 0 bridgehead atoms. The maximum Gasteiger partial charge on any atom is 0.561 e. The third kappa shape index (κ3) is 6.34.